The van der Waals surface area contributed by atoms with Crippen LogP contribution in [0.25, 0.3) is 0 Å². The van der Waals surface area contributed by atoms with Crippen molar-refractivity contribution in [2.45, 2.75) is 36.7 Å². The highest BCUT2D eigenvalue weighted by molar-refractivity contribution is 7.89. The molecule has 1 aliphatic heterocycles. The Morgan fingerprint density at radius 2 is 1.91 bits per heavy atom. The van der Waals surface area contributed by atoms with Crippen molar-refractivity contribution in [1.82, 2.24) is 14.9 Å². The first-order valence-electron chi connectivity index (χ1n) is 7.61. The number of hydrogen-bond acceptors (Lipinski definition) is 4. The van der Waals surface area contributed by atoms with Gasteiger partial charge in [-0.3, -0.25) is 4.79 Å². The number of piperazine rings is 1. The molecule has 1 saturated heterocycles. The molecule has 0 radical (unpaired) electrons. The van der Waals surface area contributed by atoms with Gasteiger partial charge >= 0.3 is 0 Å². The predicted octanol–water partition coefficient (Wildman–Crippen LogP) is 0.983. The summed E-state index contributed by atoms with van der Waals surface area (Å²) in [4.78, 5) is 14.5. The molecule has 1 atom stereocenters. The summed E-state index contributed by atoms with van der Waals surface area (Å²) in [6, 6.07) is 6.42. The fraction of sp³-hybridized carbons (Fsp3) is 0.533. The first-order valence-corrected chi connectivity index (χ1v) is 9.10. The van der Waals surface area contributed by atoms with Gasteiger partial charge in [-0.1, -0.05) is 0 Å². The second kappa shape index (κ2) is 7.17. The molecule has 1 aromatic carbocycles. The molecule has 2 fully saturated rings. The third kappa shape index (κ3) is 4.23. The van der Waals surface area contributed by atoms with E-state index in [0.717, 1.165) is 25.9 Å². The Balaban J connectivity index is 0.00000192. The lowest BCUT2D eigenvalue weighted by atomic mass is 10.1. The topological polar surface area (TPSA) is 78.5 Å². The van der Waals surface area contributed by atoms with Gasteiger partial charge in [0, 0.05) is 37.3 Å². The van der Waals surface area contributed by atoms with Gasteiger partial charge < -0.3 is 10.2 Å². The van der Waals surface area contributed by atoms with Crippen molar-refractivity contribution in [2.24, 2.45) is 0 Å². The number of hydrogen-bond donors (Lipinski definition) is 2. The highest BCUT2D eigenvalue weighted by atomic mass is 35.5. The molecule has 23 heavy (non-hydrogen) atoms. The summed E-state index contributed by atoms with van der Waals surface area (Å²) in [7, 11) is -3.46. The monoisotopic (exact) mass is 359 g/mol. The smallest absolute Gasteiger partial charge is 0.254 e. The van der Waals surface area contributed by atoms with Gasteiger partial charge in [-0.25, -0.2) is 13.1 Å². The Labute approximate surface area is 143 Å². The molecular formula is C15H22ClN3O3S. The maximum atomic E-state index is 12.5. The number of halogens is 1. The van der Waals surface area contributed by atoms with Crippen LogP contribution in [0.3, 0.4) is 0 Å². The number of sulfonamides is 1. The molecule has 6 nitrogen and oxygen atoms in total. The van der Waals surface area contributed by atoms with Crippen molar-refractivity contribution < 1.29 is 13.2 Å². The minimum Gasteiger partial charge on any atom is -0.333 e. The number of amides is 1. The molecule has 8 heteroatoms. The van der Waals surface area contributed by atoms with Crippen molar-refractivity contribution in [3.8, 4) is 0 Å². The average molecular weight is 360 g/mol. The molecule has 128 valence electrons. The number of rotatable bonds is 4. The van der Waals surface area contributed by atoms with Gasteiger partial charge in [-0.15, -0.1) is 12.4 Å². The van der Waals surface area contributed by atoms with Crippen molar-refractivity contribution in [3.05, 3.63) is 29.8 Å². The molecule has 0 unspecified atom stereocenters. The summed E-state index contributed by atoms with van der Waals surface area (Å²) < 4.78 is 26.8. The third-order valence-electron chi connectivity index (χ3n) is 4.07. The van der Waals surface area contributed by atoms with Gasteiger partial charge in [-0.05, 0) is 44.0 Å². The second-order valence-corrected chi connectivity index (χ2v) is 7.69. The normalized spacial score (nSPS) is 21.6. The van der Waals surface area contributed by atoms with Gasteiger partial charge in [0.1, 0.15) is 0 Å². The van der Waals surface area contributed by atoms with Crippen molar-refractivity contribution in [2.75, 3.05) is 19.6 Å². The fourth-order valence-corrected chi connectivity index (χ4v) is 3.88. The van der Waals surface area contributed by atoms with E-state index in [1.54, 1.807) is 12.1 Å². The SMILES string of the molecule is C[C@@H]1CNCCN1C(=O)c1ccc(S(=O)(=O)NC2CC2)cc1.Cl. The first kappa shape index (κ1) is 18.2. The number of carbonyl (C=O) groups is 1. The van der Waals surface area contributed by atoms with Crippen LogP contribution in [-0.2, 0) is 10.0 Å². The van der Waals surface area contributed by atoms with E-state index in [2.05, 4.69) is 10.0 Å². The zero-order valence-corrected chi connectivity index (χ0v) is 14.6. The van der Waals surface area contributed by atoms with E-state index in [0.29, 0.717) is 12.1 Å². The number of nitrogens with one attached hydrogen (secondary N) is 2. The third-order valence-corrected chi connectivity index (χ3v) is 5.61. The van der Waals surface area contributed by atoms with E-state index in [1.165, 1.54) is 12.1 Å². The van der Waals surface area contributed by atoms with Crippen LogP contribution >= 0.6 is 12.4 Å². The van der Waals surface area contributed by atoms with E-state index in [1.807, 2.05) is 11.8 Å². The Morgan fingerprint density at radius 1 is 1.26 bits per heavy atom. The fourth-order valence-electron chi connectivity index (χ4n) is 2.57. The quantitative estimate of drug-likeness (QED) is 0.840. The van der Waals surface area contributed by atoms with E-state index in [9.17, 15) is 13.2 Å². The maximum Gasteiger partial charge on any atom is 0.254 e. The minimum atomic E-state index is -3.46. The molecule has 2 aliphatic rings. The van der Waals surface area contributed by atoms with Crippen LogP contribution in [-0.4, -0.2) is 50.9 Å². The maximum absolute atomic E-state index is 12.5. The number of nitrogens with zero attached hydrogens (tertiary/aromatic N) is 1. The van der Waals surface area contributed by atoms with Crippen LogP contribution in [0.2, 0.25) is 0 Å². The average Bonchev–Trinajstić information content (AvgIpc) is 3.30. The van der Waals surface area contributed by atoms with E-state index < -0.39 is 10.0 Å². The summed E-state index contributed by atoms with van der Waals surface area (Å²) in [6.07, 6.45) is 1.80. The van der Waals surface area contributed by atoms with E-state index in [-0.39, 0.29) is 35.3 Å². The van der Waals surface area contributed by atoms with Crippen LogP contribution in [0.15, 0.2) is 29.2 Å². The summed E-state index contributed by atoms with van der Waals surface area (Å²) in [5.41, 5.74) is 0.527. The highest BCUT2D eigenvalue weighted by Crippen LogP contribution is 2.22. The van der Waals surface area contributed by atoms with Crippen LogP contribution in [0.5, 0.6) is 0 Å². The molecule has 0 spiro atoms. The summed E-state index contributed by atoms with van der Waals surface area (Å²) in [5.74, 6) is -0.0481. The molecule has 0 bridgehead atoms. The van der Waals surface area contributed by atoms with Gasteiger partial charge in [-0.2, -0.15) is 0 Å². The zero-order valence-electron chi connectivity index (χ0n) is 13.0. The Kier molecular flexibility index (Phi) is 5.67. The molecule has 3 rings (SSSR count). The molecule has 1 amide bonds. The van der Waals surface area contributed by atoms with E-state index >= 15 is 0 Å². The van der Waals surface area contributed by atoms with Gasteiger partial charge in [0.25, 0.3) is 5.91 Å². The lowest BCUT2D eigenvalue weighted by Gasteiger charge is -2.34. The van der Waals surface area contributed by atoms with Crippen LogP contribution < -0.4 is 10.0 Å². The molecule has 1 heterocycles. The molecular weight excluding hydrogens is 338 g/mol. The van der Waals surface area contributed by atoms with Crippen molar-refractivity contribution >= 4 is 28.3 Å². The molecule has 2 N–H and O–H groups in total. The van der Waals surface area contributed by atoms with Gasteiger partial charge in [0.05, 0.1) is 4.90 Å². The number of benzene rings is 1. The minimum absolute atomic E-state index is 0. The lowest BCUT2D eigenvalue weighted by molar-refractivity contribution is 0.0655. The predicted molar refractivity (Wildman–Crippen MR) is 90.4 cm³/mol. The van der Waals surface area contributed by atoms with Crippen LogP contribution in [0, 0.1) is 0 Å². The lowest BCUT2D eigenvalue weighted by Crippen LogP contribution is -2.52. The molecule has 1 aliphatic carbocycles. The highest BCUT2D eigenvalue weighted by Gasteiger charge is 2.28. The van der Waals surface area contributed by atoms with Gasteiger partial charge in [0.2, 0.25) is 10.0 Å². The van der Waals surface area contributed by atoms with E-state index in [4.69, 9.17) is 0 Å². The van der Waals surface area contributed by atoms with Gasteiger partial charge in [0.15, 0.2) is 0 Å². The number of carbonyl (C=O) groups excluding carboxylic acids is 1. The molecule has 1 saturated carbocycles. The second-order valence-electron chi connectivity index (χ2n) is 5.97. The van der Waals surface area contributed by atoms with Crippen LogP contribution in [0.4, 0.5) is 0 Å². The zero-order chi connectivity index (χ0) is 15.7. The Morgan fingerprint density at radius 3 is 2.48 bits per heavy atom. The van der Waals surface area contributed by atoms with Crippen molar-refractivity contribution in [3.63, 3.8) is 0 Å². The summed E-state index contributed by atoms with van der Waals surface area (Å²) in [5, 5.41) is 3.24. The Bertz CT molecular complexity index is 659. The first-order chi connectivity index (χ1) is 10.5. The Hall–Kier alpha value is -1.15. The standard InChI is InChI=1S/C15H21N3O3S.ClH/c1-11-10-16-8-9-18(11)15(19)12-2-6-14(7-3-12)22(20,21)17-13-4-5-13;/h2-3,6-7,11,13,16-17H,4-5,8-10H2,1H3;1H/t11-;/m1./s1. The summed E-state index contributed by atoms with van der Waals surface area (Å²) in [6.45, 7) is 4.24. The largest absolute Gasteiger partial charge is 0.333 e. The van der Waals surface area contributed by atoms with Crippen LogP contribution in [0.1, 0.15) is 30.1 Å². The molecule has 0 aromatic heterocycles. The summed E-state index contributed by atoms with van der Waals surface area (Å²) >= 11 is 0. The van der Waals surface area contributed by atoms with Crippen molar-refractivity contribution in [1.29, 1.82) is 0 Å². The molecule has 1 aromatic rings.